The number of nitro benzene ring substituents is 1. The van der Waals surface area contributed by atoms with E-state index in [-0.39, 0.29) is 11.2 Å². The molecule has 4 bridgehead atoms. The van der Waals surface area contributed by atoms with E-state index in [1.165, 1.54) is 26.2 Å². The predicted octanol–water partition coefficient (Wildman–Crippen LogP) is 4.04. The third-order valence-electron chi connectivity index (χ3n) is 7.04. The summed E-state index contributed by atoms with van der Waals surface area (Å²) < 4.78 is 43.6. The Morgan fingerprint density at radius 2 is 1.76 bits per heavy atom. The third-order valence-corrected chi connectivity index (χ3v) is 7.04. The first kappa shape index (κ1) is 23.3. The van der Waals surface area contributed by atoms with Gasteiger partial charge in [0, 0.05) is 11.6 Å². The molecule has 0 saturated heterocycles. The molecule has 5 rings (SSSR count). The molecule has 33 heavy (non-hydrogen) atoms. The highest BCUT2D eigenvalue weighted by molar-refractivity contribution is 5.84. The molecule has 0 heterocycles. The summed E-state index contributed by atoms with van der Waals surface area (Å²) in [6, 6.07) is 0.864. The minimum absolute atomic E-state index is 0.219. The van der Waals surface area contributed by atoms with Crippen molar-refractivity contribution in [3.8, 4) is 0 Å². The lowest BCUT2D eigenvalue weighted by Gasteiger charge is -2.56. The number of hydrogen-bond acceptors (Lipinski definition) is 6. The molecule has 0 aliphatic heterocycles. The highest BCUT2D eigenvalue weighted by Crippen LogP contribution is 2.55. The molecule has 1 aromatic carbocycles. The van der Waals surface area contributed by atoms with Crippen molar-refractivity contribution in [2.45, 2.75) is 63.2 Å². The standard InChI is InChI=1S/C22H26F3N3O5/c1-12(26-17-3-2-16(22(23,24)25)7-18(17)28(31)32)20(30)33-11-19(29)27-21-8-13-4-14(9-21)6-15(5-13)10-21/h2-3,7,12-15,26H,4-6,8-11H2,1H3,(H,27,29)/t12-,13?,14?,15?,21?/m0/s1. The van der Waals surface area contributed by atoms with Gasteiger partial charge in [-0.25, -0.2) is 4.79 Å². The number of nitrogens with one attached hydrogen (secondary N) is 2. The number of nitrogens with zero attached hydrogens (tertiary/aromatic N) is 1. The molecule has 1 aromatic rings. The van der Waals surface area contributed by atoms with Crippen LogP contribution in [0.1, 0.15) is 51.0 Å². The fourth-order valence-corrected chi connectivity index (χ4v) is 6.13. The fourth-order valence-electron chi connectivity index (χ4n) is 6.13. The Morgan fingerprint density at radius 1 is 1.18 bits per heavy atom. The number of rotatable bonds is 7. The lowest BCUT2D eigenvalue weighted by Crippen LogP contribution is -2.60. The largest absolute Gasteiger partial charge is 0.454 e. The molecule has 1 amide bonds. The molecular formula is C22H26F3N3O5. The molecule has 4 aliphatic carbocycles. The number of ether oxygens (including phenoxy) is 1. The van der Waals surface area contributed by atoms with Crippen molar-refractivity contribution in [1.29, 1.82) is 0 Å². The number of anilines is 1. The lowest BCUT2D eigenvalue weighted by atomic mass is 9.53. The van der Waals surface area contributed by atoms with Gasteiger partial charge in [0.2, 0.25) is 0 Å². The minimum Gasteiger partial charge on any atom is -0.454 e. The Balaban J connectivity index is 1.32. The van der Waals surface area contributed by atoms with E-state index in [1.807, 2.05) is 0 Å². The number of carbonyl (C=O) groups is 2. The summed E-state index contributed by atoms with van der Waals surface area (Å²) in [5.74, 6) is 0.691. The minimum atomic E-state index is -4.74. The highest BCUT2D eigenvalue weighted by atomic mass is 19.4. The number of hydrogen-bond donors (Lipinski definition) is 2. The van der Waals surface area contributed by atoms with Gasteiger partial charge in [0.25, 0.3) is 11.6 Å². The van der Waals surface area contributed by atoms with Gasteiger partial charge in [0.15, 0.2) is 6.61 Å². The number of nitro groups is 1. The number of alkyl halides is 3. The number of carbonyl (C=O) groups excluding carboxylic acids is 2. The smallest absolute Gasteiger partial charge is 0.416 e. The summed E-state index contributed by atoms with van der Waals surface area (Å²) in [5.41, 5.74) is -2.46. The van der Waals surface area contributed by atoms with Crippen LogP contribution in [0.3, 0.4) is 0 Å². The zero-order valence-corrected chi connectivity index (χ0v) is 18.1. The van der Waals surface area contributed by atoms with E-state index in [4.69, 9.17) is 4.74 Å². The molecule has 0 spiro atoms. The van der Waals surface area contributed by atoms with Crippen LogP contribution in [0.5, 0.6) is 0 Å². The maximum atomic E-state index is 12.8. The van der Waals surface area contributed by atoms with Gasteiger partial charge in [-0.15, -0.1) is 0 Å². The van der Waals surface area contributed by atoms with Gasteiger partial charge in [-0.3, -0.25) is 14.9 Å². The number of benzene rings is 1. The summed E-state index contributed by atoms with van der Waals surface area (Å²) in [6.45, 7) is 0.864. The molecule has 4 saturated carbocycles. The zero-order chi connectivity index (χ0) is 24.0. The van der Waals surface area contributed by atoms with Crippen LogP contribution in [-0.4, -0.2) is 35.0 Å². The molecular weight excluding hydrogens is 443 g/mol. The Bertz CT molecular complexity index is 930. The van der Waals surface area contributed by atoms with Crippen molar-refractivity contribution in [3.05, 3.63) is 33.9 Å². The molecule has 4 fully saturated rings. The van der Waals surface area contributed by atoms with Crippen molar-refractivity contribution in [2.75, 3.05) is 11.9 Å². The van der Waals surface area contributed by atoms with Crippen LogP contribution in [0.15, 0.2) is 18.2 Å². The lowest BCUT2D eigenvalue weighted by molar-refractivity contribution is -0.384. The third kappa shape index (κ3) is 5.06. The Morgan fingerprint density at radius 3 is 2.27 bits per heavy atom. The summed E-state index contributed by atoms with van der Waals surface area (Å²) in [5, 5.41) is 16.8. The monoisotopic (exact) mass is 469 g/mol. The van der Waals surface area contributed by atoms with Gasteiger partial charge in [0.1, 0.15) is 11.7 Å². The molecule has 180 valence electrons. The maximum Gasteiger partial charge on any atom is 0.416 e. The second-order valence-electron chi connectivity index (χ2n) is 9.71. The first-order valence-corrected chi connectivity index (χ1v) is 11.0. The van der Waals surface area contributed by atoms with Crippen LogP contribution < -0.4 is 10.6 Å². The van der Waals surface area contributed by atoms with Crippen LogP contribution in [0, 0.1) is 27.9 Å². The van der Waals surface area contributed by atoms with Gasteiger partial charge in [-0.2, -0.15) is 13.2 Å². The SMILES string of the molecule is C[C@H](Nc1ccc(C(F)(F)F)cc1[N+](=O)[O-])C(=O)OCC(=O)NC12CC3CC(CC(C3)C1)C2. The molecule has 11 heteroatoms. The van der Waals surface area contributed by atoms with Gasteiger partial charge in [-0.1, -0.05) is 0 Å². The Hall–Kier alpha value is -2.85. The van der Waals surface area contributed by atoms with E-state index >= 15 is 0 Å². The van der Waals surface area contributed by atoms with Crippen LogP contribution >= 0.6 is 0 Å². The van der Waals surface area contributed by atoms with E-state index in [0.717, 1.165) is 25.3 Å². The number of esters is 1. The quantitative estimate of drug-likeness (QED) is 0.354. The van der Waals surface area contributed by atoms with Crippen LogP contribution in [-0.2, 0) is 20.5 Å². The van der Waals surface area contributed by atoms with Crippen LogP contribution in [0.2, 0.25) is 0 Å². The van der Waals surface area contributed by atoms with E-state index in [9.17, 15) is 32.9 Å². The molecule has 0 unspecified atom stereocenters. The topological polar surface area (TPSA) is 111 Å². The average Bonchev–Trinajstić information content (AvgIpc) is 2.69. The van der Waals surface area contributed by atoms with Gasteiger partial charge >= 0.3 is 12.1 Å². The fraction of sp³-hybridized carbons (Fsp3) is 0.636. The van der Waals surface area contributed by atoms with Crippen molar-refractivity contribution in [3.63, 3.8) is 0 Å². The number of amides is 1. The molecule has 8 nitrogen and oxygen atoms in total. The summed E-state index contributed by atoms with van der Waals surface area (Å²) in [6.07, 6.45) is 1.80. The van der Waals surface area contributed by atoms with Crippen LogP contribution in [0.25, 0.3) is 0 Å². The van der Waals surface area contributed by atoms with E-state index in [0.29, 0.717) is 29.9 Å². The van der Waals surface area contributed by atoms with E-state index < -0.39 is 46.9 Å². The molecule has 0 radical (unpaired) electrons. The predicted molar refractivity (Wildman–Crippen MR) is 111 cm³/mol. The Kier molecular flexibility index (Phi) is 6.00. The number of halogens is 3. The van der Waals surface area contributed by atoms with Gasteiger partial charge in [0.05, 0.1) is 10.5 Å². The first-order valence-electron chi connectivity index (χ1n) is 11.0. The normalized spacial score (nSPS) is 28.8. The van der Waals surface area contributed by atoms with Crippen molar-refractivity contribution < 1.29 is 32.4 Å². The highest BCUT2D eigenvalue weighted by Gasteiger charge is 2.51. The molecule has 0 aromatic heterocycles. The molecule has 1 atom stereocenters. The first-order chi connectivity index (χ1) is 15.4. The van der Waals surface area contributed by atoms with Crippen LogP contribution in [0.4, 0.5) is 24.5 Å². The maximum absolute atomic E-state index is 12.8. The zero-order valence-electron chi connectivity index (χ0n) is 18.1. The van der Waals surface area contributed by atoms with Crippen molar-refractivity contribution in [1.82, 2.24) is 5.32 Å². The van der Waals surface area contributed by atoms with Crippen molar-refractivity contribution in [2.24, 2.45) is 17.8 Å². The van der Waals surface area contributed by atoms with E-state index in [2.05, 4.69) is 10.6 Å². The summed E-state index contributed by atoms with van der Waals surface area (Å²) in [7, 11) is 0. The van der Waals surface area contributed by atoms with Crippen molar-refractivity contribution >= 4 is 23.3 Å². The van der Waals surface area contributed by atoms with Gasteiger partial charge in [-0.05, 0) is 75.3 Å². The summed E-state index contributed by atoms with van der Waals surface area (Å²) in [4.78, 5) is 35.0. The van der Waals surface area contributed by atoms with E-state index in [1.54, 1.807) is 0 Å². The van der Waals surface area contributed by atoms with Gasteiger partial charge < -0.3 is 15.4 Å². The molecule has 2 N–H and O–H groups in total. The molecule has 4 aliphatic rings. The summed E-state index contributed by atoms with van der Waals surface area (Å²) >= 11 is 0. The average molecular weight is 469 g/mol. The second-order valence-corrected chi connectivity index (χ2v) is 9.71. The Labute approximate surface area is 188 Å². The second kappa shape index (κ2) is 8.49.